The largest absolute Gasteiger partial charge is 0.480 e. The van der Waals surface area contributed by atoms with E-state index in [4.69, 9.17) is 21.4 Å². The molecule has 2 rings (SSSR count). The third-order valence-electron chi connectivity index (χ3n) is 2.87. The number of hydrogen-bond donors (Lipinski definition) is 2. The number of nitrogens with zero attached hydrogens (tertiary/aromatic N) is 1. The molecule has 108 valence electrons. The molecule has 1 aliphatic heterocycles. The van der Waals surface area contributed by atoms with E-state index in [9.17, 15) is 9.59 Å². The fourth-order valence-corrected chi connectivity index (χ4v) is 2.38. The molecule has 2 amide bonds. The molecule has 1 aliphatic rings. The fourth-order valence-electron chi connectivity index (χ4n) is 1.84. The number of carbonyl (C=O) groups excluding carboxylic acids is 1. The van der Waals surface area contributed by atoms with Crippen LogP contribution in [0.15, 0.2) is 22.7 Å². The number of amides is 2. The number of nitrogens with one attached hydrogen (secondary N) is 1. The molecule has 1 unspecified atom stereocenters. The first kappa shape index (κ1) is 15.1. The SMILES string of the molecule is O=C(O)C1COCCN1C(=O)Nc1cccc(Cl)c1Br. The number of anilines is 1. The Bertz CT molecular complexity index is 540. The molecule has 0 spiro atoms. The summed E-state index contributed by atoms with van der Waals surface area (Å²) in [5, 5.41) is 12.2. The second kappa shape index (κ2) is 6.43. The lowest BCUT2D eigenvalue weighted by molar-refractivity contribution is -0.147. The lowest BCUT2D eigenvalue weighted by atomic mass is 10.2. The summed E-state index contributed by atoms with van der Waals surface area (Å²) in [6, 6.07) is 3.56. The van der Waals surface area contributed by atoms with Crippen LogP contribution in [-0.4, -0.2) is 47.8 Å². The first-order valence-electron chi connectivity index (χ1n) is 5.83. The van der Waals surface area contributed by atoms with Gasteiger partial charge in [-0.3, -0.25) is 0 Å². The number of halogens is 2. The molecule has 6 nitrogen and oxygen atoms in total. The van der Waals surface area contributed by atoms with Gasteiger partial charge >= 0.3 is 12.0 Å². The zero-order chi connectivity index (χ0) is 14.7. The summed E-state index contributed by atoms with van der Waals surface area (Å²) in [6.45, 7) is 0.522. The van der Waals surface area contributed by atoms with E-state index in [1.54, 1.807) is 18.2 Å². The molecule has 2 N–H and O–H groups in total. The summed E-state index contributed by atoms with van der Waals surface area (Å²) >= 11 is 9.21. The molecule has 20 heavy (non-hydrogen) atoms. The summed E-state index contributed by atoms with van der Waals surface area (Å²) in [4.78, 5) is 24.5. The molecule has 1 saturated heterocycles. The van der Waals surface area contributed by atoms with Gasteiger partial charge in [-0.1, -0.05) is 17.7 Å². The molecule has 0 saturated carbocycles. The Morgan fingerprint density at radius 1 is 1.50 bits per heavy atom. The van der Waals surface area contributed by atoms with Crippen molar-refractivity contribution < 1.29 is 19.4 Å². The number of ether oxygens (including phenoxy) is 1. The Labute approximate surface area is 128 Å². The van der Waals surface area contributed by atoms with Gasteiger partial charge in [-0.2, -0.15) is 0 Å². The lowest BCUT2D eigenvalue weighted by Gasteiger charge is -2.32. The van der Waals surface area contributed by atoms with E-state index in [1.165, 1.54) is 4.90 Å². The number of urea groups is 1. The zero-order valence-corrected chi connectivity index (χ0v) is 12.6. The monoisotopic (exact) mass is 362 g/mol. The average molecular weight is 364 g/mol. The summed E-state index contributed by atoms with van der Waals surface area (Å²) in [6.07, 6.45) is 0. The first-order valence-corrected chi connectivity index (χ1v) is 7.00. The van der Waals surface area contributed by atoms with Gasteiger partial charge in [0, 0.05) is 6.54 Å². The van der Waals surface area contributed by atoms with E-state index in [1.807, 2.05) is 0 Å². The van der Waals surface area contributed by atoms with E-state index in [0.29, 0.717) is 21.8 Å². The Morgan fingerprint density at radius 2 is 2.25 bits per heavy atom. The zero-order valence-electron chi connectivity index (χ0n) is 10.3. The third kappa shape index (κ3) is 3.23. The molecule has 1 aromatic carbocycles. The predicted molar refractivity (Wildman–Crippen MR) is 77.1 cm³/mol. The highest BCUT2D eigenvalue weighted by Gasteiger charge is 2.33. The number of carboxylic acid groups (broad SMARTS) is 1. The topological polar surface area (TPSA) is 78.9 Å². The van der Waals surface area contributed by atoms with Gasteiger partial charge in [-0.25, -0.2) is 9.59 Å². The number of aliphatic carboxylic acids is 1. The van der Waals surface area contributed by atoms with E-state index in [2.05, 4.69) is 21.2 Å². The van der Waals surface area contributed by atoms with Crippen LogP contribution in [0.25, 0.3) is 0 Å². The molecule has 1 aromatic rings. The molecule has 1 fully saturated rings. The van der Waals surface area contributed by atoms with Crippen molar-refractivity contribution in [1.29, 1.82) is 0 Å². The highest BCUT2D eigenvalue weighted by atomic mass is 79.9. The van der Waals surface area contributed by atoms with Gasteiger partial charge in [0.15, 0.2) is 6.04 Å². The number of carboxylic acids is 1. The third-order valence-corrected chi connectivity index (χ3v) is 4.27. The van der Waals surface area contributed by atoms with E-state index in [0.717, 1.165) is 0 Å². The highest BCUT2D eigenvalue weighted by Crippen LogP contribution is 2.30. The van der Waals surface area contributed by atoms with Gasteiger partial charge in [0.05, 0.1) is 28.4 Å². The van der Waals surface area contributed by atoms with Crippen molar-refractivity contribution in [3.05, 3.63) is 27.7 Å². The van der Waals surface area contributed by atoms with Gasteiger partial charge in [0.2, 0.25) is 0 Å². The average Bonchev–Trinajstić information content (AvgIpc) is 2.43. The Balaban J connectivity index is 2.14. The minimum absolute atomic E-state index is 0.0144. The van der Waals surface area contributed by atoms with Crippen LogP contribution in [-0.2, 0) is 9.53 Å². The molecule has 0 aromatic heterocycles. The minimum Gasteiger partial charge on any atom is -0.480 e. The van der Waals surface area contributed by atoms with Crippen molar-refractivity contribution in [2.24, 2.45) is 0 Å². The molecule has 8 heteroatoms. The van der Waals surface area contributed by atoms with Crippen LogP contribution in [0.1, 0.15) is 0 Å². The van der Waals surface area contributed by atoms with Crippen LogP contribution in [0, 0.1) is 0 Å². The number of hydrogen-bond acceptors (Lipinski definition) is 3. The number of morpholine rings is 1. The fraction of sp³-hybridized carbons (Fsp3) is 0.333. The molecular formula is C12H12BrClN2O4. The minimum atomic E-state index is -1.09. The van der Waals surface area contributed by atoms with Crippen LogP contribution in [0.5, 0.6) is 0 Å². The second-order valence-electron chi connectivity index (χ2n) is 4.15. The molecular weight excluding hydrogens is 351 g/mol. The van der Waals surface area contributed by atoms with Crippen molar-refractivity contribution >= 4 is 45.2 Å². The van der Waals surface area contributed by atoms with Crippen LogP contribution >= 0.6 is 27.5 Å². The quantitative estimate of drug-likeness (QED) is 0.846. The lowest BCUT2D eigenvalue weighted by Crippen LogP contribution is -2.53. The normalized spacial score (nSPS) is 18.7. The maximum Gasteiger partial charge on any atom is 0.328 e. The maximum atomic E-state index is 12.2. The van der Waals surface area contributed by atoms with E-state index in [-0.39, 0.29) is 13.2 Å². The van der Waals surface area contributed by atoms with Gasteiger partial charge in [-0.15, -0.1) is 0 Å². The molecule has 1 atom stereocenters. The van der Waals surface area contributed by atoms with Gasteiger partial charge < -0.3 is 20.1 Å². The Kier molecular flexibility index (Phi) is 4.85. The Morgan fingerprint density at radius 3 is 2.95 bits per heavy atom. The molecule has 0 aliphatic carbocycles. The molecule has 0 radical (unpaired) electrons. The second-order valence-corrected chi connectivity index (χ2v) is 5.35. The summed E-state index contributed by atoms with van der Waals surface area (Å²) < 4.78 is 5.64. The number of benzene rings is 1. The van der Waals surface area contributed by atoms with Gasteiger partial charge in [0.1, 0.15) is 0 Å². The standard InChI is InChI=1S/C12H12BrClN2O4/c13-10-7(14)2-1-3-8(10)15-12(19)16-4-5-20-6-9(16)11(17)18/h1-3,9H,4-6H2,(H,15,19)(H,17,18). The van der Waals surface area contributed by atoms with Crippen molar-refractivity contribution in [3.8, 4) is 0 Å². The van der Waals surface area contributed by atoms with Crippen LogP contribution in [0.4, 0.5) is 10.5 Å². The summed E-state index contributed by atoms with van der Waals surface area (Å²) in [5.74, 6) is -1.09. The van der Waals surface area contributed by atoms with Crippen LogP contribution in [0.2, 0.25) is 5.02 Å². The number of carbonyl (C=O) groups is 2. The Hall–Kier alpha value is -1.31. The van der Waals surface area contributed by atoms with Gasteiger partial charge in [0.25, 0.3) is 0 Å². The summed E-state index contributed by atoms with van der Waals surface area (Å²) in [7, 11) is 0. The van der Waals surface area contributed by atoms with Crippen molar-refractivity contribution in [1.82, 2.24) is 4.90 Å². The van der Waals surface area contributed by atoms with Crippen molar-refractivity contribution in [2.45, 2.75) is 6.04 Å². The van der Waals surface area contributed by atoms with Crippen LogP contribution < -0.4 is 5.32 Å². The first-order chi connectivity index (χ1) is 9.50. The molecule has 1 heterocycles. The van der Waals surface area contributed by atoms with E-state index >= 15 is 0 Å². The van der Waals surface area contributed by atoms with Crippen molar-refractivity contribution in [2.75, 3.05) is 25.1 Å². The predicted octanol–water partition coefficient (Wildman–Crippen LogP) is 2.42. The number of rotatable bonds is 2. The smallest absolute Gasteiger partial charge is 0.328 e. The highest BCUT2D eigenvalue weighted by molar-refractivity contribution is 9.10. The van der Waals surface area contributed by atoms with Gasteiger partial charge in [-0.05, 0) is 28.1 Å². The van der Waals surface area contributed by atoms with Crippen LogP contribution in [0.3, 0.4) is 0 Å². The maximum absolute atomic E-state index is 12.2. The summed E-state index contributed by atoms with van der Waals surface area (Å²) in [5.41, 5.74) is 0.484. The van der Waals surface area contributed by atoms with E-state index < -0.39 is 18.0 Å². The van der Waals surface area contributed by atoms with Crippen molar-refractivity contribution in [3.63, 3.8) is 0 Å². The molecule has 0 bridgehead atoms.